The lowest BCUT2D eigenvalue weighted by molar-refractivity contribution is 0.0953. The molecule has 4 atom stereocenters. The molecule has 0 unspecified atom stereocenters. The van der Waals surface area contributed by atoms with Gasteiger partial charge < -0.3 is 10.4 Å². The smallest absolute Gasteiger partial charge is 0.218 e. The summed E-state index contributed by atoms with van der Waals surface area (Å²) in [5.74, 6) is 1.70. The molecule has 0 aromatic carbocycles. The highest BCUT2D eigenvalue weighted by atomic mass is 16.3. The molecule has 2 fully saturated rings. The standard InChI is InChI=1S/C19H24N5O2/c1-12-7-13(12)10-24-6-4-16(23-24)17(25)15-9-20-11-21-18(15)22-14-3-5-19(2,26)8-14/h4,6,9,11-14,26H,2-3,5,7-8,10H2,1H3,(H,20,21,22)/t12-,13+,14+,19+/m0/s1. The molecule has 0 aliphatic heterocycles. The predicted molar refractivity (Wildman–Crippen MR) is 96.5 cm³/mol. The summed E-state index contributed by atoms with van der Waals surface area (Å²) in [5.41, 5.74) is -0.110. The minimum Gasteiger partial charge on any atom is -0.390 e. The maximum Gasteiger partial charge on any atom is 0.218 e. The number of rotatable bonds is 6. The second kappa shape index (κ2) is 6.46. The van der Waals surface area contributed by atoms with Gasteiger partial charge in [0.2, 0.25) is 5.78 Å². The van der Waals surface area contributed by atoms with Crippen LogP contribution < -0.4 is 5.32 Å². The van der Waals surface area contributed by atoms with Crippen LogP contribution in [0.25, 0.3) is 0 Å². The quantitative estimate of drug-likeness (QED) is 0.772. The molecule has 2 aromatic rings. The Hall–Kier alpha value is -2.28. The van der Waals surface area contributed by atoms with Crippen molar-refractivity contribution in [2.45, 2.75) is 50.8 Å². The predicted octanol–water partition coefficient (Wildman–Crippen LogP) is 2.09. The molecule has 1 radical (unpaired) electrons. The Morgan fingerprint density at radius 3 is 3.04 bits per heavy atom. The van der Waals surface area contributed by atoms with Crippen molar-refractivity contribution in [3.05, 3.63) is 43.0 Å². The molecule has 2 heterocycles. The molecule has 2 saturated carbocycles. The molecule has 137 valence electrons. The third kappa shape index (κ3) is 3.62. The summed E-state index contributed by atoms with van der Waals surface area (Å²) in [6, 6.07) is 1.78. The maximum atomic E-state index is 12.9. The van der Waals surface area contributed by atoms with Gasteiger partial charge in [-0.2, -0.15) is 5.10 Å². The van der Waals surface area contributed by atoms with E-state index in [1.54, 1.807) is 6.07 Å². The van der Waals surface area contributed by atoms with Gasteiger partial charge in [0.05, 0.1) is 11.2 Å². The highest BCUT2D eigenvalue weighted by Gasteiger charge is 2.34. The van der Waals surface area contributed by atoms with Crippen LogP contribution in [0.15, 0.2) is 24.8 Å². The first-order valence-electron chi connectivity index (χ1n) is 9.14. The van der Waals surface area contributed by atoms with Gasteiger partial charge in [0, 0.05) is 25.0 Å². The van der Waals surface area contributed by atoms with Crippen LogP contribution in [0.3, 0.4) is 0 Å². The van der Waals surface area contributed by atoms with E-state index in [2.05, 4.69) is 34.2 Å². The molecule has 2 aliphatic rings. The lowest BCUT2D eigenvalue weighted by Crippen LogP contribution is -2.25. The maximum absolute atomic E-state index is 12.9. The number of ketones is 1. The van der Waals surface area contributed by atoms with Crippen molar-refractivity contribution in [2.24, 2.45) is 11.8 Å². The molecule has 26 heavy (non-hydrogen) atoms. The highest BCUT2D eigenvalue weighted by Crippen LogP contribution is 2.38. The summed E-state index contributed by atoms with van der Waals surface area (Å²) in [6.45, 7) is 6.89. The van der Waals surface area contributed by atoms with Gasteiger partial charge in [0.1, 0.15) is 17.8 Å². The summed E-state index contributed by atoms with van der Waals surface area (Å²) in [5, 5.41) is 17.7. The number of hydrogen-bond acceptors (Lipinski definition) is 6. The number of aliphatic hydroxyl groups is 1. The van der Waals surface area contributed by atoms with Crippen LogP contribution in [0.4, 0.5) is 5.82 Å². The van der Waals surface area contributed by atoms with E-state index in [9.17, 15) is 9.90 Å². The summed E-state index contributed by atoms with van der Waals surface area (Å²) >= 11 is 0. The third-order valence-corrected chi connectivity index (χ3v) is 5.45. The van der Waals surface area contributed by atoms with E-state index in [1.165, 1.54) is 18.9 Å². The van der Waals surface area contributed by atoms with Gasteiger partial charge in [-0.15, -0.1) is 0 Å². The first-order valence-corrected chi connectivity index (χ1v) is 9.14. The van der Waals surface area contributed by atoms with Crippen molar-refractivity contribution < 1.29 is 9.90 Å². The van der Waals surface area contributed by atoms with Crippen LogP contribution in [-0.4, -0.2) is 42.3 Å². The Bertz CT molecular complexity index is 816. The Labute approximate surface area is 152 Å². The summed E-state index contributed by atoms with van der Waals surface area (Å²) in [6.07, 6.45) is 7.95. The third-order valence-electron chi connectivity index (χ3n) is 5.45. The molecular formula is C19H24N5O2. The zero-order valence-electron chi connectivity index (χ0n) is 14.9. The Balaban J connectivity index is 1.49. The van der Waals surface area contributed by atoms with E-state index in [0.29, 0.717) is 35.8 Å². The second-order valence-corrected chi connectivity index (χ2v) is 7.82. The molecule has 2 aliphatic carbocycles. The molecule has 0 spiro atoms. The van der Waals surface area contributed by atoms with Crippen molar-refractivity contribution in [3.8, 4) is 0 Å². The van der Waals surface area contributed by atoms with E-state index in [4.69, 9.17) is 0 Å². The lowest BCUT2D eigenvalue weighted by atomic mass is 10.1. The second-order valence-electron chi connectivity index (χ2n) is 7.82. The fourth-order valence-corrected chi connectivity index (χ4v) is 3.65. The average molecular weight is 354 g/mol. The molecule has 2 N–H and O–H groups in total. The van der Waals surface area contributed by atoms with E-state index >= 15 is 0 Å². The Kier molecular flexibility index (Phi) is 4.26. The molecule has 0 amide bonds. The fraction of sp³-hybridized carbons (Fsp3) is 0.526. The van der Waals surface area contributed by atoms with Gasteiger partial charge in [-0.1, -0.05) is 6.92 Å². The number of nitrogens with zero attached hydrogens (tertiary/aromatic N) is 4. The fourth-order valence-electron chi connectivity index (χ4n) is 3.65. The SMILES string of the molecule is [CH2][C@@]1(O)CC[C@@H](Nc2ncncc2C(=O)c2ccn(C[C@H]3C[C@@H]3C)n2)C1. The van der Waals surface area contributed by atoms with E-state index in [1.807, 2.05) is 10.9 Å². The van der Waals surface area contributed by atoms with Crippen LogP contribution in [0.5, 0.6) is 0 Å². The molecule has 0 saturated heterocycles. The summed E-state index contributed by atoms with van der Waals surface area (Å²) < 4.78 is 1.85. The van der Waals surface area contributed by atoms with Crippen LogP contribution in [0.2, 0.25) is 0 Å². The minimum atomic E-state index is -0.909. The largest absolute Gasteiger partial charge is 0.390 e. The van der Waals surface area contributed by atoms with Gasteiger partial charge in [0.25, 0.3) is 0 Å². The summed E-state index contributed by atoms with van der Waals surface area (Å²) in [4.78, 5) is 21.1. The van der Waals surface area contributed by atoms with Crippen molar-refractivity contribution in [1.82, 2.24) is 19.7 Å². The van der Waals surface area contributed by atoms with Crippen LogP contribution in [0.1, 0.15) is 48.7 Å². The first kappa shape index (κ1) is 17.1. The number of carbonyl (C=O) groups is 1. The van der Waals surface area contributed by atoms with Crippen LogP contribution in [0, 0.1) is 18.8 Å². The average Bonchev–Trinajstić information content (AvgIpc) is 2.97. The van der Waals surface area contributed by atoms with Crippen molar-refractivity contribution >= 4 is 11.6 Å². The van der Waals surface area contributed by atoms with Gasteiger partial charge in [-0.25, -0.2) is 9.97 Å². The normalized spacial score (nSPS) is 30.3. The molecule has 0 bridgehead atoms. The van der Waals surface area contributed by atoms with Gasteiger partial charge in [-0.3, -0.25) is 9.48 Å². The number of aromatic nitrogens is 4. The van der Waals surface area contributed by atoms with E-state index in [0.717, 1.165) is 18.9 Å². The highest BCUT2D eigenvalue weighted by molar-refractivity contribution is 6.10. The van der Waals surface area contributed by atoms with E-state index in [-0.39, 0.29) is 11.8 Å². The molecule has 7 heteroatoms. The number of nitrogens with one attached hydrogen (secondary N) is 1. The van der Waals surface area contributed by atoms with Crippen molar-refractivity contribution in [3.63, 3.8) is 0 Å². The minimum absolute atomic E-state index is 0.0351. The molecular weight excluding hydrogens is 330 g/mol. The van der Waals surface area contributed by atoms with E-state index < -0.39 is 5.60 Å². The van der Waals surface area contributed by atoms with Crippen LogP contribution >= 0.6 is 0 Å². The lowest BCUT2D eigenvalue weighted by Gasteiger charge is -2.18. The van der Waals surface area contributed by atoms with Gasteiger partial charge in [0.15, 0.2) is 0 Å². The van der Waals surface area contributed by atoms with Gasteiger partial charge >= 0.3 is 0 Å². The van der Waals surface area contributed by atoms with Crippen molar-refractivity contribution in [1.29, 1.82) is 0 Å². The molecule has 7 nitrogen and oxygen atoms in total. The molecule has 2 aromatic heterocycles. The molecule has 4 rings (SSSR count). The van der Waals surface area contributed by atoms with Gasteiger partial charge in [-0.05, 0) is 50.5 Å². The zero-order valence-corrected chi connectivity index (χ0v) is 14.9. The Morgan fingerprint density at radius 2 is 2.35 bits per heavy atom. The topological polar surface area (TPSA) is 92.9 Å². The first-order chi connectivity index (χ1) is 12.4. The van der Waals surface area contributed by atoms with Crippen molar-refractivity contribution in [2.75, 3.05) is 5.32 Å². The summed E-state index contributed by atoms with van der Waals surface area (Å²) in [7, 11) is 0. The van der Waals surface area contributed by atoms with Crippen LogP contribution in [-0.2, 0) is 6.54 Å². The zero-order chi connectivity index (χ0) is 18.3. The number of anilines is 1. The number of carbonyl (C=O) groups excluding carboxylic acids is 1. The number of hydrogen-bond donors (Lipinski definition) is 2. The Morgan fingerprint density at radius 1 is 1.54 bits per heavy atom. The monoisotopic (exact) mass is 354 g/mol.